The SMILES string of the molecule is c1ccc(-c2ccc(N(c3cccc(-c4c(-c5ccccc5)ccc5ccccc45)c3)c3cccc4c3oc3ccccc34)cc2-c2ccccc2)cc1. The summed E-state index contributed by atoms with van der Waals surface area (Å²) in [6.45, 7) is 0. The molecule has 1 heterocycles. The fourth-order valence-electron chi connectivity index (χ4n) is 7.97. The van der Waals surface area contributed by atoms with Gasteiger partial charge in [-0.2, -0.15) is 0 Å². The van der Waals surface area contributed by atoms with E-state index in [0.717, 1.165) is 55.7 Å². The highest BCUT2D eigenvalue weighted by Gasteiger charge is 2.22. The minimum Gasteiger partial charge on any atom is -0.454 e. The molecule has 2 nitrogen and oxygen atoms in total. The molecular weight excluding hydrogens is 655 g/mol. The van der Waals surface area contributed by atoms with E-state index >= 15 is 0 Å². The number of anilines is 3. The molecule has 0 saturated heterocycles. The molecule has 0 fully saturated rings. The molecule has 0 unspecified atom stereocenters. The Labute approximate surface area is 314 Å². The van der Waals surface area contributed by atoms with Crippen LogP contribution in [0.3, 0.4) is 0 Å². The van der Waals surface area contributed by atoms with Crippen LogP contribution in [-0.2, 0) is 0 Å². The number of hydrogen-bond acceptors (Lipinski definition) is 2. The zero-order valence-corrected chi connectivity index (χ0v) is 29.6. The van der Waals surface area contributed by atoms with E-state index in [1.165, 1.54) is 38.6 Å². The van der Waals surface area contributed by atoms with E-state index in [0.29, 0.717) is 0 Å². The highest BCUT2D eigenvalue weighted by molar-refractivity contribution is 6.11. The van der Waals surface area contributed by atoms with Crippen LogP contribution < -0.4 is 4.90 Å². The molecule has 0 atom stereocenters. The summed E-state index contributed by atoms with van der Waals surface area (Å²) in [5.74, 6) is 0. The second-order valence-corrected chi connectivity index (χ2v) is 13.7. The van der Waals surface area contributed by atoms with Gasteiger partial charge in [-0.3, -0.25) is 0 Å². The van der Waals surface area contributed by atoms with Gasteiger partial charge in [-0.1, -0.05) is 176 Å². The number of nitrogens with zero attached hydrogens (tertiary/aromatic N) is 1. The van der Waals surface area contributed by atoms with E-state index in [4.69, 9.17) is 4.42 Å². The maximum Gasteiger partial charge on any atom is 0.159 e. The molecule has 0 aliphatic carbocycles. The number of hydrogen-bond donors (Lipinski definition) is 0. The average molecular weight is 690 g/mol. The van der Waals surface area contributed by atoms with Crippen molar-refractivity contribution in [3.8, 4) is 44.5 Å². The quantitative estimate of drug-likeness (QED) is 0.166. The second kappa shape index (κ2) is 13.4. The molecule has 0 radical (unpaired) electrons. The molecule has 0 aliphatic rings. The summed E-state index contributed by atoms with van der Waals surface area (Å²) in [5.41, 5.74) is 14.2. The number of benzene rings is 9. The topological polar surface area (TPSA) is 16.4 Å². The van der Waals surface area contributed by atoms with Crippen molar-refractivity contribution in [3.63, 3.8) is 0 Å². The lowest BCUT2D eigenvalue weighted by atomic mass is 9.89. The Balaban J connectivity index is 1.24. The van der Waals surface area contributed by atoms with E-state index in [1.807, 2.05) is 6.07 Å². The molecule has 10 aromatic rings. The smallest absolute Gasteiger partial charge is 0.159 e. The fourth-order valence-corrected chi connectivity index (χ4v) is 7.97. The Morgan fingerprint density at radius 2 is 0.889 bits per heavy atom. The van der Waals surface area contributed by atoms with Gasteiger partial charge in [0.2, 0.25) is 0 Å². The van der Waals surface area contributed by atoms with E-state index in [9.17, 15) is 0 Å². The Bertz CT molecular complexity index is 2930. The maximum absolute atomic E-state index is 6.72. The third-order valence-corrected chi connectivity index (χ3v) is 10.5. The molecule has 54 heavy (non-hydrogen) atoms. The average Bonchev–Trinajstić information content (AvgIpc) is 3.64. The van der Waals surface area contributed by atoms with Crippen LogP contribution in [0.1, 0.15) is 0 Å². The van der Waals surface area contributed by atoms with Crippen LogP contribution in [-0.4, -0.2) is 0 Å². The van der Waals surface area contributed by atoms with Crippen LogP contribution in [0, 0.1) is 0 Å². The van der Waals surface area contributed by atoms with Crippen molar-refractivity contribution >= 4 is 49.8 Å². The van der Waals surface area contributed by atoms with Gasteiger partial charge >= 0.3 is 0 Å². The van der Waals surface area contributed by atoms with Gasteiger partial charge in [-0.05, 0) is 91.7 Å². The molecule has 0 N–H and O–H groups in total. The third-order valence-electron chi connectivity index (χ3n) is 10.5. The van der Waals surface area contributed by atoms with Crippen molar-refractivity contribution in [2.24, 2.45) is 0 Å². The third kappa shape index (κ3) is 5.53. The first-order valence-corrected chi connectivity index (χ1v) is 18.4. The van der Waals surface area contributed by atoms with Crippen molar-refractivity contribution in [1.82, 2.24) is 0 Å². The predicted octanol–water partition coefficient (Wildman–Crippen LogP) is 14.9. The fraction of sp³-hybridized carbons (Fsp3) is 0. The van der Waals surface area contributed by atoms with E-state index in [1.54, 1.807) is 0 Å². The Kier molecular flexibility index (Phi) is 7.85. The number of rotatable bonds is 7. The highest BCUT2D eigenvalue weighted by Crippen LogP contribution is 2.46. The van der Waals surface area contributed by atoms with Crippen LogP contribution in [0.25, 0.3) is 77.2 Å². The Morgan fingerprint density at radius 1 is 0.333 bits per heavy atom. The maximum atomic E-state index is 6.72. The van der Waals surface area contributed by atoms with Crippen LogP contribution >= 0.6 is 0 Å². The molecule has 10 rings (SSSR count). The van der Waals surface area contributed by atoms with Crippen LogP contribution in [0.4, 0.5) is 17.1 Å². The molecule has 0 amide bonds. The second-order valence-electron chi connectivity index (χ2n) is 13.7. The Morgan fingerprint density at radius 3 is 1.65 bits per heavy atom. The minimum absolute atomic E-state index is 0.854. The lowest BCUT2D eigenvalue weighted by molar-refractivity contribution is 0.669. The summed E-state index contributed by atoms with van der Waals surface area (Å²) in [7, 11) is 0. The first-order valence-electron chi connectivity index (χ1n) is 18.4. The van der Waals surface area contributed by atoms with Crippen molar-refractivity contribution < 1.29 is 4.42 Å². The van der Waals surface area contributed by atoms with Crippen LogP contribution in [0.2, 0.25) is 0 Å². The summed E-state index contributed by atoms with van der Waals surface area (Å²) in [6.07, 6.45) is 0. The van der Waals surface area contributed by atoms with Gasteiger partial charge in [0.05, 0.1) is 5.69 Å². The van der Waals surface area contributed by atoms with Gasteiger partial charge in [0, 0.05) is 22.1 Å². The van der Waals surface area contributed by atoms with Crippen LogP contribution in [0.5, 0.6) is 0 Å². The largest absolute Gasteiger partial charge is 0.454 e. The van der Waals surface area contributed by atoms with Gasteiger partial charge in [0.15, 0.2) is 5.58 Å². The molecule has 254 valence electrons. The summed E-state index contributed by atoms with van der Waals surface area (Å²) >= 11 is 0. The van der Waals surface area contributed by atoms with Crippen molar-refractivity contribution in [1.29, 1.82) is 0 Å². The molecule has 2 heteroatoms. The summed E-state index contributed by atoms with van der Waals surface area (Å²) < 4.78 is 6.72. The predicted molar refractivity (Wildman–Crippen MR) is 228 cm³/mol. The van der Waals surface area contributed by atoms with Gasteiger partial charge in [0.25, 0.3) is 0 Å². The molecular formula is C52H35NO. The monoisotopic (exact) mass is 689 g/mol. The molecule has 0 aliphatic heterocycles. The molecule has 0 bridgehead atoms. The summed E-state index contributed by atoms with van der Waals surface area (Å²) in [6, 6.07) is 75.9. The van der Waals surface area contributed by atoms with Gasteiger partial charge in [0.1, 0.15) is 5.58 Å². The highest BCUT2D eigenvalue weighted by atomic mass is 16.3. The first-order chi connectivity index (χ1) is 26.8. The number of para-hydroxylation sites is 2. The minimum atomic E-state index is 0.854. The standard InChI is InChI=1S/C52H35NO/c1-4-16-36(17-5-1)43-33-31-42(35-48(43)38-20-8-3-9-21-38)53(49-28-15-27-47-46-26-12-13-29-50(46)54-52(47)49)41-24-14-23-40(34-41)51-44-25-11-10-22-39(44)30-32-45(51)37-18-6-2-7-19-37/h1-35H. The van der Waals surface area contributed by atoms with E-state index < -0.39 is 0 Å². The van der Waals surface area contributed by atoms with E-state index in [2.05, 4.69) is 211 Å². The molecule has 0 saturated carbocycles. The number of fused-ring (bicyclic) bond motifs is 4. The molecule has 0 spiro atoms. The first kappa shape index (κ1) is 31.6. The lowest BCUT2D eigenvalue weighted by Crippen LogP contribution is -2.11. The van der Waals surface area contributed by atoms with Gasteiger partial charge in [-0.15, -0.1) is 0 Å². The Hall–Kier alpha value is -7.16. The summed E-state index contributed by atoms with van der Waals surface area (Å²) in [4.78, 5) is 2.36. The van der Waals surface area contributed by atoms with Crippen molar-refractivity contribution in [2.75, 3.05) is 4.90 Å². The zero-order chi connectivity index (χ0) is 35.8. The normalized spacial score (nSPS) is 11.3. The van der Waals surface area contributed by atoms with Crippen molar-refractivity contribution in [2.45, 2.75) is 0 Å². The van der Waals surface area contributed by atoms with Crippen molar-refractivity contribution in [3.05, 3.63) is 212 Å². The van der Waals surface area contributed by atoms with Gasteiger partial charge in [-0.25, -0.2) is 0 Å². The number of furan rings is 1. The lowest BCUT2D eigenvalue weighted by Gasteiger charge is -2.27. The summed E-state index contributed by atoms with van der Waals surface area (Å²) in [5, 5.41) is 4.63. The zero-order valence-electron chi connectivity index (χ0n) is 29.6. The molecule has 1 aromatic heterocycles. The van der Waals surface area contributed by atoms with Gasteiger partial charge < -0.3 is 9.32 Å². The van der Waals surface area contributed by atoms with E-state index in [-0.39, 0.29) is 0 Å². The molecule has 9 aromatic carbocycles. The van der Waals surface area contributed by atoms with Crippen LogP contribution in [0.15, 0.2) is 217 Å².